The first-order chi connectivity index (χ1) is 11.6. The van der Waals surface area contributed by atoms with Gasteiger partial charge in [-0.2, -0.15) is 0 Å². The third-order valence-corrected chi connectivity index (χ3v) is 4.23. The van der Waals surface area contributed by atoms with Gasteiger partial charge in [0.25, 0.3) is 0 Å². The molecule has 0 aromatic heterocycles. The van der Waals surface area contributed by atoms with E-state index >= 15 is 0 Å². The predicted octanol–water partition coefficient (Wildman–Crippen LogP) is 2.99. The lowest BCUT2D eigenvalue weighted by Gasteiger charge is -2.19. The van der Waals surface area contributed by atoms with E-state index in [1.54, 1.807) is 45.0 Å². The summed E-state index contributed by atoms with van der Waals surface area (Å²) in [5, 5.41) is 3.08. The second-order valence-electron chi connectivity index (χ2n) is 6.42. The minimum absolute atomic E-state index is 0.0935. The van der Waals surface area contributed by atoms with Crippen molar-refractivity contribution in [2.24, 2.45) is 5.41 Å². The number of halogens is 1. The highest BCUT2D eigenvalue weighted by atomic mass is 35.5. The number of amides is 1. The molecule has 0 saturated heterocycles. The standard InChI is InChI=1S/C16H23ClNO6P/c1-16(2,3)14(19)23-10-24-15(20)18-8-12(9-25(21)22)11-4-6-13(17)7-5-11/h4-7,12,21-22H,8-10H2,1-3H3,(H,18,20)/t12-/m0/s1. The van der Waals surface area contributed by atoms with Gasteiger partial charge in [-0.1, -0.05) is 23.7 Å². The molecule has 0 aliphatic heterocycles. The van der Waals surface area contributed by atoms with Crippen LogP contribution in [0.15, 0.2) is 24.3 Å². The molecule has 1 atom stereocenters. The number of carbonyl (C=O) groups excluding carboxylic acids is 2. The highest BCUT2D eigenvalue weighted by Gasteiger charge is 2.23. The Morgan fingerprint density at radius 2 is 1.80 bits per heavy atom. The molecule has 0 spiro atoms. The van der Waals surface area contributed by atoms with Gasteiger partial charge in [0.15, 0.2) is 8.38 Å². The molecule has 0 bridgehead atoms. The van der Waals surface area contributed by atoms with Crippen molar-refractivity contribution in [1.82, 2.24) is 5.32 Å². The van der Waals surface area contributed by atoms with Crippen LogP contribution < -0.4 is 5.32 Å². The van der Waals surface area contributed by atoms with Gasteiger partial charge in [-0.15, -0.1) is 0 Å². The highest BCUT2D eigenvalue weighted by molar-refractivity contribution is 7.45. The molecular weight excluding hydrogens is 369 g/mol. The molecule has 0 fully saturated rings. The summed E-state index contributed by atoms with van der Waals surface area (Å²) in [6.07, 6.45) is -0.670. The van der Waals surface area contributed by atoms with E-state index in [1.807, 2.05) is 0 Å². The molecular formula is C16H23ClNO6P. The number of alkyl carbamates (subject to hydrolysis) is 1. The van der Waals surface area contributed by atoms with Crippen molar-refractivity contribution in [3.63, 3.8) is 0 Å². The maximum atomic E-state index is 11.7. The van der Waals surface area contributed by atoms with Crippen LogP contribution in [0.2, 0.25) is 5.02 Å². The molecule has 0 unspecified atom stereocenters. The van der Waals surface area contributed by atoms with Crippen LogP contribution in [0.25, 0.3) is 0 Å². The molecule has 9 heteroatoms. The van der Waals surface area contributed by atoms with Gasteiger partial charge in [0.1, 0.15) is 0 Å². The van der Waals surface area contributed by atoms with Crippen LogP contribution in [0.4, 0.5) is 4.79 Å². The van der Waals surface area contributed by atoms with E-state index in [9.17, 15) is 19.4 Å². The first-order valence-electron chi connectivity index (χ1n) is 7.58. The predicted molar refractivity (Wildman–Crippen MR) is 95.3 cm³/mol. The van der Waals surface area contributed by atoms with E-state index in [-0.39, 0.29) is 18.6 Å². The van der Waals surface area contributed by atoms with Gasteiger partial charge in [-0.05, 0) is 38.5 Å². The summed E-state index contributed by atoms with van der Waals surface area (Å²) >= 11 is 5.84. The van der Waals surface area contributed by atoms with Crippen LogP contribution in [-0.4, -0.2) is 41.3 Å². The Bertz CT molecular complexity index is 573. The fourth-order valence-electron chi connectivity index (χ4n) is 1.83. The number of ether oxygens (including phenoxy) is 2. The van der Waals surface area contributed by atoms with E-state index < -0.39 is 32.6 Å². The molecule has 1 amide bonds. The van der Waals surface area contributed by atoms with Crippen molar-refractivity contribution in [3.8, 4) is 0 Å². The largest absolute Gasteiger partial charge is 0.427 e. The second-order valence-corrected chi connectivity index (χ2v) is 7.96. The molecule has 140 valence electrons. The van der Waals surface area contributed by atoms with E-state index in [1.165, 1.54) is 0 Å². The Labute approximate surface area is 153 Å². The van der Waals surface area contributed by atoms with Crippen molar-refractivity contribution in [2.45, 2.75) is 26.7 Å². The smallest absolute Gasteiger partial charge is 0.410 e. The normalized spacial score (nSPS) is 12.6. The van der Waals surface area contributed by atoms with Gasteiger partial charge in [-0.25, -0.2) is 4.79 Å². The maximum absolute atomic E-state index is 11.7. The first-order valence-corrected chi connectivity index (χ1v) is 9.39. The van der Waals surface area contributed by atoms with Crippen LogP contribution in [-0.2, 0) is 14.3 Å². The minimum Gasteiger partial charge on any atom is -0.427 e. The second kappa shape index (κ2) is 9.92. The number of esters is 1. The maximum Gasteiger partial charge on any atom is 0.410 e. The Morgan fingerprint density at radius 3 is 2.32 bits per heavy atom. The van der Waals surface area contributed by atoms with Crippen LogP contribution in [0.5, 0.6) is 0 Å². The lowest BCUT2D eigenvalue weighted by molar-refractivity contribution is -0.161. The van der Waals surface area contributed by atoms with E-state index in [2.05, 4.69) is 5.32 Å². The SMILES string of the molecule is CC(C)(C)C(=O)OCOC(=O)NC[C@@H](CP(O)O)c1ccc(Cl)cc1. The van der Waals surface area contributed by atoms with Gasteiger partial charge >= 0.3 is 12.1 Å². The summed E-state index contributed by atoms with van der Waals surface area (Å²) in [5.74, 6) is -0.798. The number of nitrogens with one attached hydrogen (secondary N) is 1. The van der Waals surface area contributed by atoms with Crippen molar-refractivity contribution < 1.29 is 28.8 Å². The Kier molecular flexibility index (Phi) is 8.59. The molecule has 0 aliphatic carbocycles. The van der Waals surface area contributed by atoms with Crippen molar-refractivity contribution in [1.29, 1.82) is 0 Å². The van der Waals surface area contributed by atoms with Crippen molar-refractivity contribution in [2.75, 3.05) is 19.5 Å². The van der Waals surface area contributed by atoms with Crippen LogP contribution in [0, 0.1) is 5.41 Å². The summed E-state index contributed by atoms with van der Waals surface area (Å²) in [7, 11) is -2.13. The average molecular weight is 392 g/mol. The summed E-state index contributed by atoms with van der Waals surface area (Å²) in [6.45, 7) is 4.71. The Balaban J connectivity index is 2.49. The summed E-state index contributed by atoms with van der Waals surface area (Å²) in [5.41, 5.74) is 0.123. The minimum atomic E-state index is -2.13. The number of hydrogen-bond acceptors (Lipinski definition) is 6. The third kappa shape index (κ3) is 8.50. The monoisotopic (exact) mass is 391 g/mol. The quantitative estimate of drug-likeness (QED) is 0.375. The summed E-state index contributed by atoms with van der Waals surface area (Å²) in [4.78, 5) is 41.8. The van der Waals surface area contributed by atoms with Crippen LogP contribution >= 0.6 is 20.0 Å². The summed E-state index contributed by atoms with van der Waals surface area (Å²) < 4.78 is 9.62. The fraction of sp³-hybridized carbons (Fsp3) is 0.500. The topological polar surface area (TPSA) is 105 Å². The lowest BCUT2D eigenvalue weighted by Crippen LogP contribution is -2.32. The van der Waals surface area contributed by atoms with Crippen molar-refractivity contribution in [3.05, 3.63) is 34.9 Å². The molecule has 0 heterocycles. The highest BCUT2D eigenvalue weighted by Crippen LogP contribution is 2.32. The molecule has 1 aromatic rings. The van der Waals surface area contributed by atoms with Gasteiger partial charge in [-0.3, -0.25) is 4.79 Å². The zero-order chi connectivity index (χ0) is 19.0. The van der Waals surface area contributed by atoms with Crippen LogP contribution in [0.1, 0.15) is 32.3 Å². The zero-order valence-electron chi connectivity index (χ0n) is 14.4. The number of hydrogen-bond donors (Lipinski definition) is 3. The number of rotatable bonds is 7. The van der Waals surface area contributed by atoms with E-state index in [0.717, 1.165) is 5.56 Å². The number of carbonyl (C=O) groups is 2. The molecule has 1 aromatic carbocycles. The van der Waals surface area contributed by atoms with Gasteiger partial charge < -0.3 is 24.6 Å². The van der Waals surface area contributed by atoms with E-state index in [4.69, 9.17) is 21.1 Å². The number of benzene rings is 1. The van der Waals surface area contributed by atoms with Gasteiger partial charge in [0.2, 0.25) is 6.79 Å². The van der Waals surface area contributed by atoms with Crippen LogP contribution in [0.3, 0.4) is 0 Å². The summed E-state index contributed by atoms with van der Waals surface area (Å²) in [6, 6.07) is 6.88. The third-order valence-electron chi connectivity index (χ3n) is 3.21. The molecule has 0 saturated carbocycles. The molecule has 25 heavy (non-hydrogen) atoms. The van der Waals surface area contributed by atoms with Gasteiger partial charge in [0.05, 0.1) is 5.41 Å². The molecule has 1 rings (SSSR count). The fourth-order valence-corrected chi connectivity index (χ4v) is 2.69. The van der Waals surface area contributed by atoms with E-state index in [0.29, 0.717) is 5.02 Å². The Hall–Kier alpha value is -1.40. The first kappa shape index (κ1) is 21.6. The van der Waals surface area contributed by atoms with Gasteiger partial charge in [0, 0.05) is 23.6 Å². The average Bonchev–Trinajstić information content (AvgIpc) is 2.51. The molecule has 3 N–H and O–H groups in total. The Morgan fingerprint density at radius 1 is 1.20 bits per heavy atom. The molecule has 0 radical (unpaired) electrons. The molecule has 0 aliphatic rings. The molecule has 7 nitrogen and oxygen atoms in total. The lowest BCUT2D eigenvalue weighted by atomic mass is 9.98. The zero-order valence-corrected chi connectivity index (χ0v) is 16.0. The van der Waals surface area contributed by atoms with Crippen molar-refractivity contribution >= 4 is 32.0 Å².